The summed E-state index contributed by atoms with van der Waals surface area (Å²) in [6.07, 6.45) is 0.608. The van der Waals surface area contributed by atoms with E-state index in [1.165, 1.54) is 12.1 Å². The topological polar surface area (TPSA) is 35.2 Å². The van der Waals surface area contributed by atoms with Gasteiger partial charge in [-0.25, -0.2) is 4.39 Å². The van der Waals surface area contributed by atoms with Crippen LogP contribution in [0.3, 0.4) is 0 Å². The maximum atomic E-state index is 13.4. The third-order valence-corrected chi connectivity index (χ3v) is 2.74. The van der Waals surface area contributed by atoms with E-state index in [4.69, 9.17) is 22.1 Å². The van der Waals surface area contributed by atoms with Gasteiger partial charge in [0.15, 0.2) is 0 Å². The first-order valence-corrected chi connectivity index (χ1v) is 5.99. The van der Waals surface area contributed by atoms with Crippen LogP contribution in [-0.2, 0) is 6.42 Å². The molecule has 94 valence electrons. The molecule has 0 heterocycles. The Labute approximate surface area is 110 Å². The lowest BCUT2D eigenvalue weighted by Gasteiger charge is -2.09. The van der Waals surface area contributed by atoms with Gasteiger partial charge in [-0.3, -0.25) is 0 Å². The highest BCUT2D eigenvalue weighted by Crippen LogP contribution is 2.29. The summed E-state index contributed by atoms with van der Waals surface area (Å²) in [4.78, 5) is 0. The van der Waals surface area contributed by atoms with Crippen LogP contribution in [0, 0.1) is 5.82 Å². The fourth-order valence-electron chi connectivity index (χ4n) is 1.65. The summed E-state index contributed by atoms with van der Waals surface area (Å²) < 4.78 is 19.0. The van der Waals surface area contributed by atoms with E-state index in [9.17, 15) is 4.39 Å². The molecule has 18 heavy (non-hydrogen) atoms. The van der Waals surface area contributed by atoms with Crippen molar-refractivity contribution in [2.45, 2.75) is 6.42 Å². The summed E-state index contributed by atoms with van der Waals surface area (Å²) in [5.74, 6) is 0.581. The molecule has 0 fully saturated rings. The third kappa shape index (κ3) is 3.22. The molecule has 0 bridgehead atoms. The molecule has 2 aromatic carbocycles. The minimum Gasteiger partial charge on any atom is -0.456 e. The summed E-state index contributed by atoms with van der Waals surface area (Å²) in [5, 5.41) is 0.488. The van der Waals surface area contributed by atoms with Gasteiger partial charge in [-0.15, -0.1) is 0 Å². The Morgan fingerprint density at radius 1 is 1.17 bits per heavy atom. The molecule has 2 N–H and O–H groups in total. The predicted octanol–water partition coefficient (Wildman–Crippen LogP) is 3.77. The molecule has 0 radical (unpaired) electrons. The third-order valence-electron chi connectivity index (χ3n) is 2.43. The molecule has 0 saturated carbocycles. The van der Waals surface area contributed by atoms with Gasteiger partial charge in [-0.1, -0.05) is 23.7 Å². The van der Waals surface area contributed by atoms with Gasteiger partial charge < -0.3 is 10.5 Å². The Morgan fingerprint density at radius 2 is 1.94 bits per heavy atom. The van der Waals surface area contributed by atoms with E-state index in [1.807, 2.05) is 0 Å². The Hall–Kier alpha value is -1.58. The zero-order valence-corrected chi connectivity index (χ0v) is 10.5. The second-order valence-corrected chi connectivity index (χ2v) is 4.27. The number of halogens is 2. The van der Waals surface area contributed by atoms with E-state index in [0.29, 0.717) is 29.5 Å². The van der Waals surface area contributed by atoms with Gasteiger partial charge in [0.25, 0.3) is 0 Å². The van der Waals surface area contributed by atoms with Crippen LogP contribution in [0.15, 0.2) is 42.5 Å². The molecule has 0 aromatic heterocycles. The zero-order valence-electron chi connectivity index (χ0n) is 9.70. The Bertz CT molecular complexity index is 545. The maximum Gasteiger partial charge on any atom is 0.146 e. The Morgan fingerprint density at radius 3 is 2.67 bits per heavy atom. The number of nitrogens with two attached hydrogens (primary N) is 1. The second-order valence-electron chi connectivity index (χ2n) is 3.87. The normalized spacial score (nSPS) is 10.4. The highest BCUT2D eigenvalue weighted by atomic mass is 35.5. The van der Waals surface area contributed by atoms with Crippen molar-refractivity contribution in [2.75, 3.05) is 6.54 Å². The molecule has 0 aliphatic heterocycles. The van der Waals surface area contributed by atoms with Gasteiger partial charge in [0, 0.05) is 6.07 Å². The number of para-hydroxylation sites is 1. The first-order valence-electron chi connectivity index (χ1n) is 5.61. The van der Waals surface area contributed by atoms with Crippen molar-refractivity contribution in [2.24, 2.45) is 5.73 Å². The fourth-order valence-corrected chi connectivity index (χ4v) is 1.82. The molecule has 4 heteroatoms. The number of hydrogen-bond acceptors (Lipinski definition) is 2. The molecule has 2 rings (SSSR count). The average molecular weight is 266 g/mol. The quantitative estimate of drug-likeness (QED) is 0.913. The molecule has 0 spiro atoms. The molecule has 0 aliphatic carbocycles. The van der Waals surface area contributed by atoms with Crippen LogP contribution in [0.4, 0.5) is 4.39 Å². The standard InChI is InChI=1S/C14H13ClFNO/c15-13-3-1-2-4-14(13)18-12-8-10(5-6-17)7-11(16)9-12/h1-4,7-9H,5-6,17H2. The van der Waals surface area contributed by atoms with E-state index in [2.05, 4.69) is 0 Å². The van der Waals surface area contributed by atoms with Gasteiger partial charge in [0.05, 0.1) is 5.02 Å². The van der Waals surface area contributed by atoms with Gasteiger partial charge >= 0.3 is 0 Å². The van der Waals surface area contributed by atoms with Crippen molar-refractivity contribution in [1.82, 2.24) is 0 Å². The molecule has 0 saturated heterocycles. The van der Waals surface area contributed by atoms with Crippen molar-refractivity contribution in [3.63, 3.8) is 0 Å². The van der Waals surface area contributed by atoms with Crippen LogP contribution in [-0.4, -0.2) is 6.54 Å². The Kier molecular flexibility index (Phi) is 4.18. The highest BCUT2D eigenvalue weighted by molar-refractivity contribution is 6.32. The van der Waals surface area contributed by atoms with Crippen molar-refractivity contribution >= 4 is 11.6 Å². The zero-order chi connectivity index (χ0) is 13.0. The van der Waals surface area contributed by atoms with Crippen molar-refractivity contribution < 1.29 is 9.13 Å². The van der Waals surface area contributed by atoms with Crippen LogP contribution in [0.25, 0.3) is 0 Å². The maximum absolute atomic E-state index is 13.4. The van der Waals surface area contributed by atoms with Crippen LogP contribution >= 0.6 is 11.6 Å². The van der Waals surface area contributed by atoms with Crippen LogP contribution < -0.4 is 10.5 Å². The van der Waals surface area contributed by atoms with Crippen LogP contribution in [0.1, 0.15) is 5.56 Å². The summed E-state index contributed by atoms with van der Waals surface area (Å²) in [6, 6.07) is 11.6. The highest BCUT2D eigenvalue weighted by Gasteiger charge is 2.05. The minimum atomic E-state index is -0.344. The van der Waals surface area contributed by atoms with Crippen molar-refractivity contribution in [1.29, 1.82) is 0 Å². The van der Waals surface area contributed by atoms with Gasteiger partial charge in [-0.05, 0) is 42.8 Å². The van der Waals surface area contributed by atoms with E-state index in [1.54, 1.807) is 30.3 Å². The monoisotopic (exact) mass is 265 g/mol. The molecular weight excluding hydrogens is 253 g/mol. The molecule has 2 aromatic rings. The molecular formula is C14H13ClFNO. The number of benzene rings is 2. The first-order chi connectivity index (χ1) is 8.69. The van der Waals surface area contributed by atoms with E-state index >= 15 is 0 Å². The molecule has 0 amide bonds. The predicted molar refractivity (Wildman–Crippen MR) is 70.7 cm³/mol. The van der Waals surface area contributed by atoms with Crippen LogP contribution in [0.2, 0.25) is 5.02 Å². The summed E-state index contributed by atoms with van der Waals surface area (Å²) in [7, 11) is 0. The smallest absolute Gasteiger partial charge is 0.146 e. The van der Waals surface area contributed by atoms with Gasteiger partial charge in [0.1, 0.15) is 17.3 Å². The molecule has 0 aliphatic rings. The summed E-state index contributed by atoms with van der Waals surface area (Å²) >= 11 is 5.98. The SMILES string of the molecule is NCCc1cc(F)cc(Oc2ccccc2Cl)c1. The Balaban J connectivity index is 2.26. The fraction of sp³-hybridized carbons (Fsp3) is 0.143. The lowest BCUT2D eigenvalue weighted by Crippen LogP contribution is -2.03. The number of hydrogen-bond donors (Lipinski definition) is 1. The first kappa shape index (κ1) is 12.9. The lowest BCUT2D eigenvalue weighted by atomic mass is 10.1. The van der Waals surface area contributed by atoms with E-state index in [0.717, 1.165) is 5.56 Å². The largest absolute Gasteiger partial charge is 0.456 e. The number of ether oxygens (including phenoxy) is 1. The van der Waals surface area contributed by atoms with Gasteiger partial charge in [-0.2, -0.15) is 0 Å². The second kappa shape index (κ2) is 5.85. The lowest BCUT2D eigenvalue weighted by molar-refractivity contribution is 0.476. The average Bonchev–Trinajstić information content (AvgIpc) is 2.32. The molecule has 0 atom stereocenters. The van der Waals surface area contributed by atoms with Crippen LogP contribution in [0.5, 0.6) is 11.5 Å². The van der Waals surface area contributed by atoms with E-state index in [-0.39, 0.29) is 5.82 Å². The summed E-state index contributed by atoms with van der Waals surface area (Å²) in [6.45, 7) is 0.467. The van der Waals surface area contributed by atoms with Gasteiger partial charge in [0.2, 0.25) is 0 Å². The van der Waals surface area contributed by atoms with E-state index < -0.39 is 0 Å². The summed E-state index contributed by atoms with van der Waals surface area (Å²) in [5.41, 5.74) is 6.26. The number of rotatable bonds is 4. The molecule has 2 nitrogen and oxygen atoms in total. The van der Waals surface area contributed by atoms with Crippen molar-refractivity contribution in [3.05, 3.63) is 58.9 Å². The minimum absolute atomic E-state index is 0.344. The molecule has 0 unspecified atom stereocenters. The van der Waals surface area contributed by atoms with Crippen molar-refractivity contribution in [3.8, 4) is 11.5 Å².